The molecule has 0 aromatic heterocycles. The van der Waals surface area contributed by atoms with Gasteiger partial charge in [0.2, 0.25) is 0 Å². The van der Waals surface area contributed by atoms with Gasteiger partial charge < -0.3 is 4.74 Å². The Morgan fingerprint density at radius 2 is 1.91 bits per heavy atom. The van der Waals surface area contributed by atoms with E-state index in [-0.39, 0.29) is 24.6 Å². The molecule has 1 aromatic rings. The first-order chi connectivity index (χ1) is 10.7. The Kier molecular flexibility index (Phi) is 6.50. The summed E-state index contributed by atoms with van der Waals surface area (Å²) >= 11 is 0. The molecule has 0 spiro atoms. The molecule has 0 aliphatic heterocycles. The van der Waals surface area contributed by atoms with Gasteiger partial charge in [-0.3, -0.25) is 9.59 Å². The number of Topliss-reactive ketones (excluding diaryl/α,β-unsaturated/α-hetero) is 1. The summed E-state index contributed by atoms with van der Waals surface area (Å²) in [6.07, 6.45) is 0.328. The molecule has 23 heavy (non-hydrogen) atoms. The van der Waals surface area contributed by atoms with E-state index in [4.69, 9.17) is 4.74 Å². The van der Waals surface area contributed by atoms with Gasteiger partial charge >= 0.3 is 5.97 Å². The fraction of sp³-hybridized carbons (Fsp3) is 0.526. The lowest BCUT2D eigenvalue weighted by atomic mass is 9.79. The zero-order chi connectivity index (χ0) is 17.6. The molecule has 0 saturated carbocycles. The van der Waals surface area contributed by atoms with E-state index in [0.717, 1.165) is 16.7 Å². The van der Waals surface area contributed by atoms with Crippen LogP contribution in [0.25, 0.3) is 0 Å². The summed E-state index contributed by atoms with van der Waals surface area (Å²) in [5.41, 5.74) is 2.17. The highest BCUT2D eigenvalue weighted by atomic mass is 16.5. The predicted molar refractivity (Wildman–Crippen MR) is 88.9 cm³/mol. The number of benzene rings is 1. The summed E-state index contributed by atoms with van der Waals surface area (Å²) in [5.74, 6) is -1.27. The van der Waals surface area contributed by atoms with Crippen LogP contribution in [0.5, 0.6) is 0 Å². The predicted octanol–water partition coefficient (Wildman–Crippen LogP) is 3.85. The number of nitrogens with zero attached hydrogens (tertiary/aromatic N) is 1. The van der Waals surface area contributed by atoms with Crippen LogP contribution in [0.15, 0.2) is 18.2 Å². The van der Waals surface area contributed by atoms with Gasteiger partial charge in [-0.1, -0.05) is 37.6 Å². The zero-order valence-corrected chi connectivity index (χ0v) is 14.6. The second-order valence-electron chi connectivity index (χ2n) is 6.71. The Labute approximate surface area is 138 Å². The Balaban J connectivity index is 2.91. The molecule has 0 bridgehead atoms. The van der Waals surface area contributed by atoms with E-state index in [1.807, 2.05) is 45.9 Å². The van der Waals surface area contributed by atoms with E-state index >= 15 is 0 Å². The van der Waals surface area contributed by atoms with Crippen LogP contribution in [0.3, 0.4) is 0 Å². The van der Waals surface area contributed by atoms with Gasteiger partial charge in [0.05, 0.1) is 19.1 Å². The van der Waals surface area contributed by atoms with Crippen molar-refractivity contribution in [2.75, 3.05) is 6.61 Å². The molecule has 0 saturated heterocycles. The van der Waals surface area contributed by atoms with Gasteiger partial charge in [0.1, 0.15) is 5.92 Å². The Hall–Kier alpha value is -2.15. The van der Waals surface area contributed by atoms with Crippen LogP contribution in [0, 0.1) is 30.6 Å². The highest BCUT2D eigenvalue weighted by Gasteiger charge is 2.31. The minimum absolute atomic E-state index is 0.157. The van der Waals surface area contributed by atoms with Crippen molar-refractivity contribution in [3.05, 3.63) is 34.9 Å². The lowest BCUT2D eigenvalue weighted by molar-refractivity contribution is -0.145. The fourth-order valence-corrected chi connectivity index (χ4v) is 2.62. The Morgan fingerprint density at radius 1 is 1.26 bits per heavy atom. The van der Waals surface area contributed by atoms with Crippen LogP contribution in [0.4, 0.5) is 0 Å². The van der Waals surface area contributed by atoms with E-state index < -0.39 is 11.3 Å². The topological polar surface area (TPSA) is 67.2 Å². The van der Waals surface area contributed by atoms with Crippen LogP contribution in [0.1, 0.15) is 56.2 Å². The second-order valence-corrected chi connectivity index (χ2v) is 6.71. The van der Waals surface area contributed by atoms with E-state index in [1.165, 1.54) is 0 Å². The average molecular weight is 315 g/mol. The van der Waals surface area contributed by atoms with Crippen molar-refractivity contribution in [2.45, 2.75) is 53.4 Å². The first kappa shape index (κ1) is 18.9. The largest absolute Gasteiger partial charge is 0.466 e. The van der Waals surface area contributed by atoms with Crippen LogP contribution in [0.2, 0.25) is 0 Å². The molecule has 0 radical (unpaired) electrons. The van der Waals surface area contributed by atoms with Crippen LogP contribution in [-0.2, 0) is 14.3 Å². The van der Waals surface area contributed by atoms with E-state index in [9.17, 15) is 14.9 Å². The first-order valence-electron chi connectivity index (χ1n) is 7.85. The van der Waals surface area contributed by atoms with Gasteiger partial charge in [0.15, 0.2) is 5.78 Å². The molecule has 4 nitrogen and oxygen atoms in total. The monoisotopic (exact) mass is 315 g/mol. The van der Waals surface area contributed by atoms with Crippen LogP contribution in [-0.4, -0.2) is 18.4 Å². The van der Waals surface area contributed by atoms with Gasteiger partial charge in [0.25, 0.3) is 0 Å². The molecule has 0 aliphatic carbocycles. The lowest BCUT2D eigenvalue weighted by Crippen LogP contribution is -2.25. The van der Waals surface area contributed by atoms with E-state index in [2.05, 4.69) is 6.07 Å². The summed E-state index contributed by atoms with van der Waals surface area (Å²) < 4.78 is 4.95. The number of carbonyl (C=O) groups excluding carboxylic acids is 2. The molecule has 4 heteroatoms. The van der Waals surface area contributed by atoms with E-state index in [1.54, 1.807) is 6.92 Å². The van der Waals surface area contributed by atoms with Gasteiger partial charge in [0, 0.05) is 6.42 Å². The molecule has 1 rings (SSSR count). The van der Waals surface area contributed by atoms with Gasteiger partial charge in [-0.05, 0) is 37.3 Å². The minimum atomic E-state index is -0.795. The standard InChI is InChI=1S/C19H25NO3/c1-6-23-18(22)11-19(4,5)10-17(21)16(12-20)15-9-13(2)7-8-14(15)3/h7-9,16H,6,10-11H2,1-5H3. The van der Waals surface area contributed by atoms with Crippen molar-refractivity contribution in [3.63, 3.8) is 0 Å². The molecule has 0 heterocycles. The molecule has 0 amide bonds. The van der Waals surface area contributed by atoms with Crippen molar-refractivity contribution < 1.29 is 14.3 Å². The zero-order valence-electron chi connectivity index (χ0n) is 14.6. The van der Waals surface area contributed by atoms with Crippen molar-refractivity contribution >= 4 is 11.8 Å². The number of hydrogen-bond donors (Lipinski definition) is 0. The van der Waals surface area contributed by atoms with E-state index in [0.29, 0.717) is 6.61 Å². The Morgan fingerprint density at radius 3 is 2.48 bits per heavy atom. The summed E-state index contributed by atoms with van der Waals surface area (Å²) in [7, 11) is 0. The molecule has 124 valence electrons. The highest BCUT2D eigenvalue weighted by Crippen LogP contribution is 2.31. The number of hydrogen-bond acceptors (Lipinski definition) is 4. The summed E-state index contributed by atoms with van der Waals surface area (Å²) in [6.45, 7) is 9.61. The molecule has 0 N–H and O–H groups in total. The number of ether oxygens (including phenoxy) is 1. The third-order valence-electron chi connectivity index (χ3n) is 3.78. The maximum Gasteiger partial charge on any atom is 0.306 e. The smallest absolute Gasteiger partial charge is 0.306 e. The fourth-order valence-electron chi connectivity index (χ4n) is 2.62. The van der Waals surface area contributed by atoms with Crippen molar-refractivity contribution in [3.8, 4) is 6.07 Å². The summed E-state index contributed by atoms with van der Waals surface area (Å²) in [5, 5.41) is 9.47. The van der Waals surface area contributed by atoms with Gasteiger partial charge in [-0.2, -0.15) is 5.26 Å². The number of nitriles is 1. The maximum absolute atomic E-state index is 12.6. The number of esters is 1. The van der Waals surface area contributed by atoms with Crippen LogP contribution >= 0.6 is 0 Å². The second kappa shape index (κ2) is 7.92. The molecule has 1 atom stereocenters. The van der Waals surface area contributed by atoms with Crippen molar-refractivity contribution in [1.29, 1.82) is 5.26 Å². The molecule has 1 aromatic carbocycles. The number of carbonyl (C=O) groups is 2. The van der Waals surface area contributed by atoms with Crippen LogP contribution < -0.4 is 0 Å². The summed E-state index contributed by atoms with van der Waals surface area (Å²) in [4.78, 5) is 24.3. The quantitative estimate of drug-likeness (QED) is 0.717. The normalized spacial score (nSPS) is 12.3. The molecular weight excluding hydrogens is 290 g/mol. The third-order valence-corrected chi connectivity index (χ3v) is 3.78. The average Bonchev–Trinajstić information content (AvgIpc) is 2.42. The maximum atomic E-state index is 12.6. The third kappa shape index (κ3) is 5.52. The minimum Gasteiger partial charge on any atom is -0.466 e. The highest BCUT2D eigenvalue weighted by molar-refractivity contribution is 5.89. The lowest BCUT2D eigenvalue weighted by Gasteiger charge is -2.24. The van der Waals surface area contributed by atoms with Crippen molar-refractivity contribution in [2.24, 2.45) is 5.41 Å². The molecular formula is C19H25NO3. The molecule has 0 aliphatic rings. The number of rotatable bonds is 7. The SMILES string of the molecule is CCOC(=O)CC(C)(C)CC(=O)C(C#N)c1cc(C)ccc1C. The molecule has 1 unspecified atom stereocenters. The number of aryl methyl sites for hydroxylation is 2. The van der Waals surface area contributed by atoms with Gasteiger partial charge in [-0.25, -0.2) is 0 Å². The summed E-state index contributed by atoms with van der Waals surface area (Å²) in [6, 6.07) is 7.89. The molecule has 0 fully saturated rings. The van der Waals surface area contributed by atoms with Crippen molar-refractivity contribution in [1.82, 2.24) is 0 Å². The Bertz CT molecular complexity index is 626. The first-order valence-corrected chi connectivity index (χ1v) is 7.85. The van der Waals surface area contributed by atoms with Gasteiger partial charge in [-0.15, -0.1) is 0 Å². The number of ketones is 1.